The van der Waals surface area contributed by atoms with E-state index in [9.17, 15) is 71.1 Å². The molecule has 0 spiro atoms. The van der Waals surface area contributed by atoms with Crippen LogP contribution >= 0.6 is 0 Å². The van der Waals surface area contributed by atoms with Gasteiger partial charge in [-0.3, -0.25) is 4.98 Å². The number of allylic oxidation sites excluding steroid dienone is 2. The molecule has 8 aromatic carbocycles. The van der Waals surface area contributed by atoms with Gasteiger partial charge in [-0.1, -0.05) is 79.4 Å². The Hall–Kier alpha value is -10.5. The lowest BCUT2D eigenvalue weighted by Gasteiger charge is -2.21. The van der Waals surface area contributed by atoms with Crippen molar-refractivity contribution in [3.05, 3.63) is 244 Å². The number of benzene rings is 8. The molecular formula is C69H34F24N4. The number of nitriles is 1. The van der Waals surface area contributed by atoms with Crippen LogP contribution in [0.25, 0.3) is 100 Å². The van der Waals surface area contributed by atoms with Gasteiger partial charge in [0.05, 0.1) is 84.1 Å². The molecule has 3 heterocycles. The van der Waals surface area contributed by atoms with Crippen molar-refractivity contribution in [2.24, 2.45) is 0 Å². The fourth-order valence-corrected chi connectivity index (χ4v) is 11.7. The van der Waals surface area contributed by atoms with Crippen molar-refractivity contribution in [2.45, 2.75) is 56.3 Å². The Morgan fingerprint density at radius 2 is 0.742 bits per heavy atom. The number of hydrogen-bond acceptors (Lipinski definition) is 2. The summed E-state index contributed by atoms with van der Waals surface area (Å²) in [6.45, 7) is 4.96. The molecule has 0 aliphatic carbocycles. The molecule has 11 aromatic rings. The van der Waals surface area contributed by atoms with E-state index in [1.165, 1.54) is 42.1 Å². The highest BCUT2D eigenvalue weighted by molar-refractivity contribution is 6.12. The lowest BCUT2D eigenvalue weighted by molar-refractivity contribution is -0.144. The van der Waals surface area contributed by atoms with Crippen molar-refractivity contribution in [1.29, 1.82) is 5.26 Å². The number of fused-ring (bicyclic) bond motifs is 4. The summed E-state index contributed by atoms with van der Waals surface area (Å²) in [6, 6.07) is 19.4. The van der Waals surface area contributed by atoms with Gasteiger partial charge in [0.2, 0.25) is 0 Å². The average Bonchev–Trinajstić information content (AvgIpc) is 1.58. The van der Waals surface area contributed by atoms with Gasteiger partial charge in [0.25, 0.3) is 0 Å². The van der Waals surface area contributed by atoms with Gasteiger partial charge in [-0.25, -0.2) is 0 Å². The number of nitrogens with zero attached hydrogens (tertiary/aromatic N) is 4. The average molecular weight is 1380 g/mol. The Bertz CT molecular complexity index is 4940. The molecule has 0 saturated carbocycles. The molecule has 0 atom stereocenters. The molecule has 4 nitrogen and oxygen atoms in total. The predicted molar refractivity (Wildman–Crippen MR) is 311 cm³/mol. The summed E-state index contributed by atoms with van der Waals surface area (Å²) in [6.07, 6.45) is -38.7. The lowest BCUT2D eigenvalue weighted by atomic mass is 9.95. The molecule has 0 aliphatic heterocycles. The van der Waals surface area contributed by atoms with Gasteiger partial charge in [0.15, 0.2) is 0 Å². The predicted octanol–water partition coefficient (Wildman–Crippen LogP) is 23.8. The van der Waals surface area contributed by atoms with E-state index in [0.29, 0.717) is 48.5 Å². The summed E-state index contributed by atoms with van der Waals surface area (Å²) in [5.41, 5.74) is -21.7. The first kappa shape index (κ1) is 67.9. The van der Waals surface area contributed by atoms with E-state index in [-0.39, 0.29) is 96.3 Å². The van der Waals surface area contributed by atoms with Crippen molar-refractivity contribution < 1.29 is 105 Å². The zero-order valence-electron chi connectivity index (χ0n) is 48.3. The van der Waals surface area contributed by atoms with Crippen LogP contribution in [0.1, 0.15) is 66.9 Å². The molecule has 28 heteroatoms. The second kappa shape index (κ2) is 23.4. The third kappa shape index (κ3) is 12.8. The van der Waals surface area contributed by atoms with Gasteiger partial charge in [0.1, 0.15) is 0 Å². The van der Waals surface area contributed by atoms with Crippen molar-refractivity contribution >= 4 is 44.4 Å². The van der Waals surface area contributed by atoms with E-state index < -0.39 is 138 Å². The van der Waals surface area contributed by atoms with E-state index in [2.05, 4.69) is 11.6 Å². The van der Waals surface area contributed by atoms with E-state index in [1.807, 2.05) is 6.07 Å². The summed E-state index contributed by atoms with van der Waals surface area (Å²) in [5, 5.41) is 10.9. The molecule has 0 amide bonds. The first-order chi connectivity index (χ1) is 44.9. The van der Waals surface area contributed by atoms with Crippen LogP contribution in [0.4, 0.5) is 105 Å². The van der Waals surface area contributed by atoms with Crippen molar-refractivity contribution in [3.63, 3.8) is 0 Å². The minimum atomic E-state index is -5.53. The number of pyridine rings is 1. The van der Waals surface area contributed by atoms with Gasteiger partial charge in [-0.2, -0.15) is 111 Å². The summed E-state index contributed by atoms with van der Waals surface area (Å²) in [7, 11) is 0. The molecule has 0 aliphatic rings. The zero-order valence-corrected chi connectivity index (χ0v) is 48.3. The summed E-state index contributed by atoms with van der Waals surface area (Å²) in [4.78, 5) is 3.99. The van der Waals surface area contributed by atoms with E-state index >= 15 is 39.5 Å². The van der Waals surface area contributed by atoms with E-state index in [0.717, 1.165) is 77.4 Å². The smallest absolute Gasteiger partial charge is 0.311 e. The van der Waals surface area contributed by atoms with Gasteiger partial charge in [0, 0.05) is 45.4 Å². The van der Waals surface area contributed by atoms with Crippen molar-refractivity contribution in [2.75, 3.05) is 0 Å². The maximum Gasteiger partial charge on any atom is 0.417 e. The first-order valence-corrected chi connectivity index (χ1v) is 27.7. The Balaban J connectivity index is 1.30. The summed E-state index contributed by atoms with van der Waals surface area (Å²) < 4.78 is 350. The van der Waals surface area contributed by atoms with Crippen LogP contribution in [-0.4, -0.2) is 14.1 Å². The number of halogens is 24. The standard InChI is InChI=1S/C69H34F24N4/c1-33(44-15-7-40(62(70,71)72)27-53(44)66(82,83)84)3-11-45-34(2)96(57-23-36(4-12-49(45)57)46-16-8-41(63(73,74)75)28-54(46)67(85,86)87)61-31-52(35-19-21-95-22-20-35)39(32-94)26-60(61)97-58-24-37(47-17-9-42(64(76,77)78)29-55(47)68(88,89)90)5-13-50(58)51-14-6-38(25-59(51)97)48-18-10-43(65(79,80)81)30-56(48)69(91,92)93/h3-31H,1H2,2H3/b11-3-. The topological polar surface area (TPSA) is 46.5 Å². The zero-order chi connectivity index (χ0) is 70.8. The van der Waals surface area contributed by atoms with Crippen LogP contribution < -0.4 is 0 Å². The quantitative estimate of drug-likeness (QED) is 0.107. The molecule has 0 saturated heterocycles. The van der Waals surface area contributed by atoms with Gasteiger partial charge >= 0.3 is 49.4 Å². The van der Waals surface area contributed by atoms with E-state index in [1.54, 1.807) is 0 Å². The summed E-state index contributed by atoms with van der Waals surface area (Å²) in [5.74, 6) is 0. The maximum absolute atomic E-state index is 15.1. The highest BCUT2D eigenvalue weighted by Crippen LogP contribution is 2.50. The van der Waals surface area contributed by atoms with Gasteiger partial charge in [-0.15, -0.1) is 0 Å². The molecule has 498 valence electrons. The Labute approximate surface area is 529 Å². The molecule has 3 aromatic heterocycles. The lowest BCUT2D eigenvalue weighted by Crippen LogP contribution is -2.13. The largest absolute Gasteiger partial charge is 0.417 e. The first-order valence-electron chi connectivity index (χ1n) is 27.7. The molecular weight excluding hydrogens is 1340 g/mol. The second-order valence-electron chi connectivity index (χ2n) is 22.0. The molecule has 0 fully saturated rings. The third-order valence-electron chi connectivity index (χ3n) is 16.1. The molecule has 97 heavy (non-hydrogen) atoms. The van der Waals surface area contributed by atoms with Crippen LogP contribution in [0.2, 0.25) is 0 Å². The number of aromatic nitrogens is 3. The van der Waals surface area contributed by atoms with E-state index in [4.69, 9.17) is 0 Å². The third-order valence-corrected chi connectivity index (χ3v) is 16.1. The van der Waals surface area contributed by atoms with Crippen LogP contribution in [0.5, 0.6) is 0 Å². The van der Waals surface area contributed by atoms with Crippen LogP contribution in [-0.2, 0) is 49.4 Å². The summed E-state index contributed by atoms with van der Waals surface area (Å²) >= 11 is 0. The Morgan fingerprint density at radius 3 is 1.12 bits per heavy atom. The highest BCUT2D eigenvalue weighted by Gasteiger charge is 2.43. The van der Waals surface area contributed by atoms with Crippen LogP contribution in [0, 0.1) is 18.3 Å². The molecule has 11 rings (SSSR count). The number of rotatable bonds is 9. The molecule has 0 bridgehead atoms. The highest BCUT2D eigenvalue weighted by atomic mass is 19.4. The second-order valence-corrected chi connectivity index (χ2v) is 22.0. The maximum atomic E-state index is 15.1. The Kier molecular flexibility index (Phi) is 16.4. The number of alkyl halides is 24. The monoisotopic (exact) mass is 1370 g/mol. The fourth-order valence-electron chi connectivity index (χ4n) is 11.7. The normalized spacial score (nSPS) is 13.2. The molecule has 0 unspecified atom stereocenters. The number of hydrogen-bond donors (Lipinski definition) is 0. The SMILES string of the molecule is C=C(/C=C\c1c(C)n(-c2cc(-c3ccncc3)c(C#N)cc2-n2c3cc(-c4ccc(C(F)(F)F)cc4C(F)(F)F)ccc3c3ccc(-c4ccc(C(F)(F)F)cc4C(F)(F)F)cc32)c2cc(-c3ccc(C(F)(F)F)cc3C(F)(F)F)ccc12)c1ccc(C(F)(F)F)cc1C(F)(F)F. The van der Waals surface area contributed by atoms with Crippen molar-refractivity contribution in [1.82, 2.24) is 14.1 Å². The van der Waals surface area contributed by atoms with Crippen LogP contribution in [0.3, 0.4) is 0 Å². The fraction of sp³-hybridized carbons (Fsp3) is 0.130. The van der Waals surface area contributed by atoms with Crippen molar-refractivity contribution in [3.8, 4) is 62.0 Å². The van der Waals surface area contributed by atoms with Crippen LogP contribution in [0.15, 0.2) is 177 Å². The molecule has 0 N–H and O–H groups in total. The Morgan fingerprint density at radius 1 is 0.381 bits per heavy atom. The van der Waals surface area contributed by atoms with Gasteiger partial charge in [-0.05, 0) is 148 Å². The minimum absolute atomic E-state index is 0.0288. The minimum Gasteiger partial charge on any atom is -0.311 e. The molecule has 0 radical (unpaired) electrons. The van der Waals surface area contributed by atoms with Gasteiger partial charge < -0.3 is 9.13 Å².